The minimum Gasteiger partial charge on any atom is -0.382 e. The first-order valence-electron chi connectivity index (χ1n) is 8.05. The van der Waals surface area contributed by atoms with E-state index in [1.54, 1.807) is 7.11 Å². The number of methoxy groups -OCH3 is 1. The average molecular weight is 271 g/mol. The molecule has 0 aromatic carbocycles. The number of ether oxygens (including phenoxy) is 2. The SMILES string of the molecule is COCCOCCCCNC1CCCCC1C(C)C. The van der Waals surface area contributed by atoms with Crippen molar-refractivity contribution >= 4 is 0 Å². The molecule has 3 heteroatoms. The van der Waals surface area contributed by atoms with E-state index in [9.17, 15) is 0 Å². The molecule has 1 fully saturated rings. The molecule has 1 saturated carbocycles. The summed E-state index contributed by atoms with van der Waals surface area (Å²) in [6.07, 6.45) is 7.97. The zero-order valence-electron chi connectivity index (χ0n) is 13.1. The van der Waals surface area contributed by atoms with Crippen LogP contribution in [0.4, 0.5) is 0 Å². The second kappa shape index (κ2) is 10.6. The Bertz CT molecular complexity index is 209. The molecule has 1 N–H and O–H groups in total. The Balaban J connectivity index is 2.01. The van der Waals surface area contributed by atoms with Gasteiger partial charge in [-0.25, -0.2) is 0 Å². The van der Waals surface area contributed by atoms with Gasteiger partial charge in [0, 0.05) is 19.8 Å². The fraction of sp³-hybridized carbons (Fsp3) is 1.00. The second-order valence-corrected chi connectivity index (χ2v) is 6.07. The van der Waals surface area contributed by atoms with Crippen LogP contribution in [0, 0.1) is 11.8 Å². The van der Waals surface area contributed by atoms with Crippen LogP contribution in [0.25, 0.3) is 0 Å². The number of rotatable bonds is 10. The first kappa shape index (κ1) is 16.9. The number of nitrogens with one attached hydrogen (secondary N) is 1. The van der Waals surface area contributed by atoms with E-state index in [0.717, 1.165) is 44.1 Å². The Morgan fingerprint density at radius 2 is 1.84 bits per heavy atom. The molecule has 0 bridgehead atoms. The van der Waals surface area contributed by atoms with Crippen molar-refractivity contribution in [2.24, 2.45) is 11.8 Å². The lowest BCUT2D eigenvalue weighted by molar-refractivity contribution is 0.0685. The normalized spacial score (nSPS) is 24.0. The van der Waals surface area contributed by atoms with Gasteiger partial charge in [0.15, 0.2) is 0 Å². The van der Waals surface area contributed by atoms with Crippen molar-refractivity contribution in [3.05, 3.63) is 0 Å². The van der Waals surface area contributed by atoms with Crippen molar-refractivity contribution in [2.75, 3.05) is 33.5 Å². The Labute approximate surface area is 119 Å². The van der Waals surface area contributed by atoms with Gasteiger partial charge in [0.05, 0.1) is 13.2 Å². The van der Waals surface area contributed by atoms with Gasteiger partial charge in [0.2, 0.25) is 0 Å². The Hall–Kier alpha value is -0.120. The summed E-state index contributed by atoms with van der Waals surface area (Å²) in [6.45, 7) is 8.17. The molecule has 1 rings (SSSR count). The zero-order valence-corrected chi connectivity index (χ0v) is 13.1. The smallest absolute Gasteiger partial charge is 0.0700 e. The van der Waals surface area contributed by atoms with E-state index in [4.69, 9.17) is 9.47 Å². The summed E-state index contributed by atoms with van der Waals surface area (Å²) in [6, 6.07) is 0.753. The van der Waals surface area contributed by atoms with Crippen molar-refractivity contribution in [2.45, 2.75) is 58.4 Å². The Morgan fingerprint density at radius 1 is 1.05 bits per heavy atom. The highest BCUT2D eigenvalue weighted by molar-refractivity contribution is 4.82. The maximum absolute atomic E-state index is 5.47. The minimum absolute atomic E-state index is 0.705. The second-order valence-electron chi connectivity index (χ2n) is 6.07. The van der Waals surface area contributed by atoms with Crippen LogP contribution < -0.4 is 5.32 Å². The first-order valence-corrected chi connectivity index (χ1v) is 8.05. The maximum Gasteiger partial charge on any atom is 0.0700 e. The first-order chi connectivity index (χ1) is 9.25. The molecular weight excluding hydrogens is 238 g/mol. The lowest BCUT2D eigenvalue weighted by Gasteiger charge is -2.35. The van der Waals surface area contributed by atoms with Crippen LogP contribution >= 0.6 is 0 Å². The molecule has 2 unspecified atom stereocenters. The molecule has 0 radical (unpaired) electrons. The van der Waals surface area contributed by atoms with Crippen LogP contribution in [-0.2, 0) is 9.47 Å². The lowest BCUT2D eigenvalue weighted by Crippen LogP contribution is -2.41. The Morgan fingerprint density at radius 3 is 2.58 bits per heavy atom. The number of unbranched alkanes of at least 4 members (excludes halogenated alkanes) is 1. The average Bonchev–Trinajstić information content (AvgIpc) is 2.42. The fourth-order valence-electron chi connectivity index (χ4n) is 3.07. The van der Waals surface area contributed by atoms with Gasteiger partial charge in [-0.2, -0.15) is 0 Å². The molecule has 0 amide bonds. The molecule has 114 valence electrons. The molecule has 0 saturated heterocycles. The fourth-order valence-corrected chi connectivity index (χ4v) is 3.07. The summed E-state index contributed by atoms with van der Waals surface area (Å²) in [7, 11) is 1.71. The Kier molecular flexibility index (Phi) is 9.48. The predicted octanol–water partition coefficient (Wildman–Crippen LogP) is 3.23. The molecular formula is C16H33NO2. The van der Waals surface area contributed by atoms with Gasteiger partial charge in [-0.15, -0.1) is 0 Å². The molecule has 0 aromatic rings. The highest BCUT2D eigenvalue weighted by Crippen LogP contribution is 2.30. The van der Waals surface area contributed by atoms with Crippen molar-refractivity contribution in [3.8, 4) is 0 Å². The van der Waals surface area contributed by atoms with Crippen LogP contribution in [0.5, 0.6) is 0 Å². The van der Waals surface area contributed by atoms with Crippen LogP contribution in [0.1, 0.15) is 52.4 Å². The molecule has 0 heterocycles. The highest BCUT2D eigenvalue weighted by atomic mass is 16.5. The highest BCUT2D eigenvalue weighted by Gasteiger charge is 2.26. The molecule has 0 aromatic heterocycles. The van der Waals surface area contributed by atoms with E-state index >= 15 is 0 Å². The van der Waals surface area contributed by atoms with Gasteiger partial charge in [-0.3, -0.25) is 0 Å². The van der Waals surface area contributed by atoms with Gasteiger partial charge in [-0.05, 0) is 44.1 Å². The van der Waals surface area contributed by atoms with Gasteiger partial charge in [-0.1, -0.05) is 26.7 Å². The molecule has 2 atom stereocenters. The van der Waals surface area contributed by atoms with Crippen molar-refractivity contribution in [1.29, 1.82) is 0 Å². The quantitative estimate of drug-likeness (QED) is 0.619. The van der Waals surface area contributed by atoms with Gasteiger partial charge >= 0.3 is 0 Å². The van der Waals surface area contributed by atoms with Crippen molar-refractivity contribution in [3.63, 3.8) is 0 Å². The summed E-state index contributed by atoms with van der Waals surface area (Å²) in [5.74, 6) is 1.70. The topological polar surface area (TPSA) is 30.5 Å². The predicted molar refractivity (Wildman–Crippen MR) is 80.5 cm³/mol. The summed E-state index contributed by atoms with van der Waals surface area (Å²) in [5.41, 5.74) is 0. The van der Waals surface area contributed by atoms with E-state index in [1.165, 1.54) is 32.1 Å². The van der Waals surface area contributed by atoms with E-state index in [2.05, 4.69) is 19.2 Å². The third-order valence-corrected chi connectivity index (χ3v) is 4.23. The molecule has 1 aliphatic carbocycles. The summed E-state index contributed by atoms with van der Waals surface area (Å²) >= 11 is 0. The molecule has 19 heavy (non-hydrogen) atoms. The van der Waals surface area contributed by atoms with Crippen LogP contribution in [-0.4, -0.2) is 39.5 Å². The molecule has 0 spiro atoms. The minimum atomic E-state index is 0.705. The summed E-state index contributed by atoms with van der Waals surface area (Å²) in [5, 5.41) is 3.77. The lowest BCUT2D eigenvalue weighted by atomic mass is 9.78. The third kappa shape index (κ3) is 7.28. The molecule has 1 aliphatic rings. The number of hydrogen-bond acceptors (Lipinski definition) is 3. The van der Waals surface area contributed by atoms with Gasteiger partial charge < -0.3 is 14.8 Å². The maximum atomic E-state index is 5.47. The standard InChI is InChI=1S/C16H33NO2/c1-14(2)15-8-4-5-9-16(15)17-10-6-7-11-19-13-12-18-3/h14-17H,4-13H2,1-3H3. The van der Waals surface area contributed by atoms with E-state index < -0.39 is 0 Å². The van der Waals surface area contributed by atoms with Gasteiger partial charge in [0.1, 0.15) is 0 Å². The van der Waals surface area contributed by atoms with Crippen molar-refractivity contribution in [1.82, 2.24) is 5.32 Å². The molecule has 0 aliphatic heterocycles. The number of hydrogen-bond donors (Lipinski definition) is 1. The van der Waals surface area contributed by atoms with Gasteiger partial charge in [0.25, 0.3) is 0 Å². The van der Waals surface area contributed by atoms with Crippen molar-refractivity contribution < 1.29 is 9.47 Å². The summed E-state index contributed by atoms with van der Waals surface area (Å²) < 4.78 is 10.4. The monoisotopic (exact) mass is 271 g/mol. The van der Waals surface area contributed by atoms with Crippen LogP contribution in [0.2, 0.25) is 0 Å². The van der Waals surface area contributed by atoms with E-state index in [1.807, 2.05) is 0 Å². The zero-order chi connectivity index (χ0) is 13.9. The van der Waals surface area contributed by atoms with E-state index in [0.29, 0.717) is 6.61 Å². The van der Waals surface area contributed by atoms with Crippen LogP contribution in [0.3, 0.4) is 0 Å². The largest absolute Gasteiger partial charge is 0.382 e. The molecule has 3 nitrogen and oxygen atoms in total. The summed E-state index contributed by atoms with van der Waals surface area (Å²) in [4.78, 5) is 0. The van der Waals surface area contributed by atoms with E-state index in [-0.39, 0.29) is 0 Å². The third-order valence-electron chi connectivity index (χ3n) is 4.23. The van der Waals surface area contributed by atoms with Crippen LogP contribution in [0.15, 0.2) is 0 Å².